The number of rotatable bonds is 5. The first-order chi connectivity index (χ1) is 12.3. The second-order valence-electron chi connectivity index (χ2n) is 6.89. The van der Waals surface area contributed by atoms with Gasteiger partial charge in [-0.15, -0.1) is 0 Å². The Bertz CT molecular complexity index is 701. The van der Waals surface area contributed by atoms with Crippen molar-refractivity contribution in [2.45, 2.75) is 57.6 Å². The van der Waals surface area contributed by atoms with Crippen molar-refractivity contribution in [1.29, 1.82) is 0 Å². The van der Waals surface area contributed by atoms with Crippen LogP contribution in [-0.2, 0) is 24.1 Å². The maximum atomic E-state index is 13.2. The van der Waals surface area contributed by atoms with Gasteiger partial charge in [0.15, 0.2) is 5.69 Å². The van der Waals surface area contributed by atoms with Crippen LogP contribution < -0.4 is 0 Å². The molecule has 1 atom stereocenters. The van der Waals surface area contributed by atoms with E-state index in [0.717, 1.165) is 62.2 Å². The fourth-order valence-corrected chi connectivity index (χ4v) is 3.72. The molecular formula is C19H24N2O4. The Hall–Kier alpha value is -2.08. The average Bonchev–Trinajstić information content (AvgIpc) is 3.35. The van der Waals surface area contributed by atoms with E-state index in [1.54, 1.807) is 11.2 Å². The molecule has 2 aromatic rings. The van der Waals surface area contributed by atoms with Crippen molar-refractivity contribution in [3.8, 4) is 0 Å². The summed E-state index contributed by atoms with van der Waals surface area (Å²) in [6, 6.07) is 3.73. The smallest absolute Gasteiger partial charge is 0.276 e. The van der Waals surface area contributed by atoms with Crippen LogP contribution >= 0.6 is 0 Å². The second kappa shape index (κ2) is 7.44. The Morgan fingerprint density at radius 2 is 2.16 bits per heavy atom. The maximum absolute atomic E-state index is 13.2. The molecule has 6 heteroatoms. The molecule has 1 amide bonds. The number of carbonyl (C=O) groups excluding carboxylic acids is 1. The molecule has 1 aliphatic heterocycles. The summed E-state index contributed by atoms with van der Waals surface area (Å²) in [5, 5.41) is 4.13. The third-order valence-electron chi connectivity index (χ3n) is 5.06. The lowest BCUT2D eigenvalue weighted by molar-refractivity contribution is 0.0483. The number of ether oxygens (including phenoxy) is 1. The predicted octanol–water partition coefficient (Wildman–Crippen LogP) is 3.36. The molecule has 0 bridgehead atoms. The number of aryl methyl sites for hydroxylation is 1. The minimum absolute atomic E-state index is 0.0844. The van der Waals surface area contributed by atoms with E-state index in [0.29, 0.717) is 18.8 Å². The minimum Gasteiger partial charge on any atom is -0.467 e. The van der Waals surface area contributed by atoms with Crippen LogP contribution in [0.25, 0.3) is 0 Å². The van der Waals surface area contributed by atoms with Gasteiger partial charge in [-0.1, -0.05) is 11.6 Å². The highest BCUT2D eigenvalue weighted by molar-refractivity contribution is 5.93. The largest absolute Gasteiger partial charge is 0.467 e. The van der Waals surface area contributed by atoms with Crippen molar-refractivity contribution in [2.75, 3.05) is 13.2 Å². The van der Waals surface area contributed by atoms with Crippen LogP contribution in [0.1, 0.15) is 59.7 Å². The van der Waals surface area contributed by atoms with E-state index in [4.69, 9.17) is 13.7 Å². The summed E-state index contributed by atoms with van der Waals surface area (Å²) < 4.78 is 16.7. The summed E-state index contributed by atoms with van der Waals surface area (Å²) in [6.07, 6.45) is 8.85. The lowest BCUT2D eigenvalue weighted by Gasteiger charge is -2.24. The molecular weight excluding hydrogens is 320 g/mol. The number of carbonyl (C=O) groups is 1. The van der Waals surface area contributed by atoms with Crippen LogP contribution in [0.4, 0.5) is 0 Å². The zero-order valence-electron chi connectivity index (χ0n) is 14.4. The van der Waals surface area contributed by atoms with Crippen LogP contribution in [0.3, 0.4) is 0 Å². The minimum atomic E-state index is -0.0844. The quantitative estimate of drug-likeness (QED) is 0.778. The first kappa shape index (κ1) is 16.4. The monoisotopic (exact) mass is 344 g/mol. The standard InChI is InChI=1S/C19H24N2O4/c22-19(18-16-8-2-1-3-9-17(16)25-20-18)21(12-14-6-4-10-23-14)13-15-7-5-11-24-15/h4,6,10,15H,1-3,5,7-9,11-13H2/t15-/m1/s1. The molecule has 0 saturated carbocycles. The lowest BCUT2D eigenvalue weighted by atomic mass is 10.1. The van der Waals surface area contributed by atoms with Gasteiger partial charge in [-0.2, -0.15) is 0 Å². The lowest BCUT2D eigenvalue weighted by Crippen LogP contribution is -2.37. The molecule has 0 radical (unpaired) electrons. The number of furan rings is 1. The molecule has 25 heavy (non-hydrogen) atoms. The Balaban J connectivity index is 1.57. The number of amides is 1. The molecule has 0 spiro atoms. The highest BCUT2D eigenvalue weighted by Crippen LogP contribution is 2.25. The Kier molecular flexibility index (Phi) is 4.88. The molecule has 3 heterocycles. The van der Waals surface area contributed by atoms with Gasteiger partial charge in [0.05, 0.1) is 18.9 Å². The van der Waals surface area contributed by atoms with E-state index in [-0.39, 0.29) is 12.0 Å². The van der Waals surface area contributed by atoms with Gasteiger partial charge in [0.2, 0.25) is 0 Å². The summed E-state index contributed by atoms with van der Waals surface area (Å²) in [6.45, 7) is 1.75. The average molecular weight is 344 g/mol. The predicted molar refractivity (Wildman–Crippen MR) is 90.2 cm³/mol. The van der Waals surface area contributed by atoms with Crippen LogP contribution in [0.15, 0.2) is 27.3 Å². The molecule has 0 unspecified atom stereocenters. The van der Waals surface area contributed by atoms with Gasteiger partial charge >= 0.3 is 0 Å². The van der Waals surface area contributed by atoms with Crippen LogP contribution in [0.5, 0.6) is 0 Å². The van der Waals surface area contributed by atoms with Crippen molar-refractivity contribution >= 4 is 5.91 Å². The second-order valence-corrected chi connectivity index (χ2v) is 6.89. The van der Waals surface area contributed by atoms with Crippen molar-refractivity contribution < 1.29 is 18.5 Å². The van der Waals surface area contributed by atoms with E-state index in [2.05, 4.69) is 5.16 Å². The van der Waals surface area contributed by atoms with Gasteiger partial charge in [0, 0.05) is 25.1 Å². The summed E-state index contributed by atoms with van der Waals surface area (Å²) in [5.74, 6) is 1.57. The first-order valence-corrected chi connectivity index (χ1v) is 9.22. The van der Waals surface area contributed by atoms with E-state index in [1.807, 2.05) is 12.1 Å². The number of fused-ring (bicyclic) bond motifs is 1. The topological polar surface area (TPSA) is 68.7 Å². The van der Waals surface area contributed by atoms with Crippen LogP contribution in [-0.4, -0.2) is 35.2 Å². The number of hydrogen-bond acceptors (Lipinski definition) is 5. The van der Waals surface area contributed by atoms with E-state index >= 15 is 0 Å². The summed E-state index contributed by atoms with van der Waals surface area (Å²) in [7, 11) is 0. The number of hydrogen-bond donors (Lipinski definition) is 0. The Morgan fingerprint density at radius 1 is 1.24 bits per heavy atom. The molecule has 1 fully saturated rings. The number of nitrogens with zero attached hydrogens (tertiary/aromatic N) is 2. The molecule has 134 valence electrons. The zero-order chi connectivity index (χ0) is 17.1. The molecule has 4 rings (SSSR count). The Labute approximate surface area is 147 Å². The van der Waals surface area contributed by atoms with Crippen LogP contribution in [0.2, 0.25) is 0 Å². The SMILES string of the molecule is O=C(c1noc2c1CCCCC2)N(Cc1ccco1)C[C@H]1CCCO1. The van der Waals surface area contributed by atoms with E-state index in [1.165, 1.54) is 6.42 Å². The molecule has 1 saturated heterocycles. The molecule has 2 aromatic heterocycles. The van der Waals surface area contributed by atoms with E-state index < -0.39 is 0 Å². The molecule has 0 N–H and O–H groups in total. The summed E-state index contributed by atoms with van der Waals surface area (Å²) in [5.41, 5.74) is 1.47. The highest BCUT2D eigenvalue weighted by atomic mass is 16.5. The van der Waals surface area contributed by atoms with Crippen molar-refractivity contribution in [3.05, 3.63) is 41.2 Å². The fraction of sp³-hybridized carbons (Fsp3) is 0.579. The van der Waals surface area contributed by atoms with Crippen molar-refractivity contribution in [1.82, 2.24) is 10.1 Å². The maximum Gasteiger partial charge on any atom is 0.276 e. The van der Waals surface area contributed by atoms with Crippen molar-refractivity contribution in [3.63, 3.8) is 0 Å². The van der Waals surface area contributed by atoms with Gasteiger partial charge in [-0.25, -0.2) is 0 Å². The third-order valence-corrected chi connectivity index (χ3v) is 5.06. The first-order valence-electron chi connectivity index (χ1n) is 9.22. The molecule has 0 aromatic carbocycles. The van der Waals surface area contributed by atoms with Crippen molar-refractivity contribution in [2.24, 2.45) is 0 Å². The van der Waals surface area contributed by atoms with Crippen LogP contribution in [0, 0.1) is 0 Å². The molecule has 6 nitrogen and oxygen atoms in total. The van der Waals surface area contributed by atoms with Gasteiger partial charge in [-0.05, 0) is 44.2 Å². The summed E-state index contributed by atoms with van der Waals surface area (Å²) in [4.78, 5) is 15.0. The number of aromatic nitrogens is 1. The van der Waals surface area contributed by atoms with Gasteiger partial charge in [0.1, 0.15) is 11.5 Å². The Morgan fingerprint density at radius 3 is 2.96 bits per heavy atom. The molecule has 2 aliphatic rings. The normalized spacial score (nSPS) is 20.2. The van der Waals surface area contributed by atoms with Gasteiger partial charge < -0.3 is 18.6 Å². The van der Waals surface area contributed by atoms with Gasteiger partial charge in [0.25, 0.3) is 5.91 Å². The molecule has 1 aliphatic carbocycles. The fourth-order valence-electron chi connectivity index (χ4n) is 3.72. The zero-order valence-corrected chi connectivity index (χ0v) is 14.4. The highest BCUT2D eigenvalue weighted by Gasteiger charge is 2.29. The third kappa shape index (κ3) is 3.63. The van der Waals surface area contributed by atoms with E-state index in [9.17, 15) is 4.79 Å². The van der Waals surface area contributed by atoms with Gasteiger partial charge in [-0.3, -0.25) is 4.79 Å². The summed E-state index contributed by atoms with van der Waals surface area (Å²) >= 11 is 0.